The number of ether oxygens (including phenoxy) is 1. The van der Waals surface area contributed by atoms with Gasteiger partial charge in [-0.15, -0.1) is 0 Å². The predicted octanol–water partition coefficient (Wildman–Crippen LogP) is 5.39. The topological polar surface area (TPSA) is 86.8 Å². The highest BCUT2D eigenvalue weighted by Gasteiger charge is 2.30. The molecule has 3 aromatic heterocycles. The molecule has 7 nitrogen and oxygen atoms in total. The number of aryl methyl sites for hydroxylation is 2. The third kappa shape index (κ3) is 3.75. The fraction of sp³-hybridized carbons (Fsp3) is 0.320. The largest absolute Gasteiger partial charge is 0.442 e. The van der Waals surface area contributed by atoms with Crippen molar-refractivity contribution in [2.75, 3.05) is 6.61 Å². The number of oxazole rings is 1. The number of rotatable bonds is 4. The Bertz CT molecular complexity index is 1460. The molecule has 1 aromatic carbocycles. The van der Waals surface area contributed by atoms with E-state index in [0.717, 1.165) is 36.1 Å². The second kappa shape index (κ2) is 8.02. The van der Waals surface area contributed by atoms with Crippen LogP contribution in [-0.4, -0.2) is 31.5 Å². The summed E-state index contributed by atoms with van der Waals surface area (Å²) in [5.41, 5.74) is 3.36. The maximum atomic E-state index is 14.8. The number of hydrogen-bond acceptors (Lipinski definition) is 7. The number of benzene rings is 1. The Balaban J connectivity index is 1.48. The molecule has 1 unspecified atom stereocenters. The SMILES string of the molecule is Cc1nc2nc(C3=CC(c4cnc(C5CC5)o4)OCC3)nc(-c3ccc(F)cc3F)c2nc1C. The molecule has 0 N–H and O–H groups in total. The van der Waals surface area contributed by atoms with Crippen LogP contribution in [0.15, 0.2) is 34.9 Å². The van der Waals surface area contributed by atoms with Crippen molar-refractivity contribution in [1.82, 2.24) is 24.9 Å². The van der Waals surface area contributed by atoms with Gasteiger partial charge in [-0.2, -0.15) is 0 Å². The van der Waals surface area contributed by atoms with E-state index in [1.54, 1.807) is 6.20 Å². The van der Waals surface area contributed by atoms with Gasteiger partial charge in [0, 0.05) is 17.5 Å². The summed E-state index contributed by atoms with van der Waals surface area (Å²) in [7, 11) is 0. The Kier molecular flexibility index (Phi) is 4.95. The Morgan fingerprint density at radius 3 is 2.62 bits per heavy atom. The van der Waals surface area contributed by atoms with Crippen LogP contribution in [0.5, 0.6) is 0 Å². The number of aromatic nitrogens is 5. The van der Waals surface area contributed by atoms with E-state index in [2.05, 4.69) is 24.9 Å². The first kappa shape index (κ1) is 21.0. The summed E-state index contributed by atoms with van der Waals surface area (Å²) in [4.78, 5) is 22.9. The molecule has 4 aromatic rings. The molecular weight excluding hydrogens is 440 g/mol. The maximum absolute atomic E-state index is 14.8. The van der Waals surface area contributed by atoms with Crippen LogP contribution in [0.3, 0.4) is 0 Å². The van der Waals surface area contributed by atoms with E-state index in [0.29, 0.717) is 47.4 Å². The van der Waals surface area contributed by atoms with Crippen molar-refractivity contribution in [2.24, 2.45) is 0 Å². The zero-order valence-corrected chi connectivity index (χ0v) is 18.7. The van der Waals surface area contributed by atoms with Crippen LogP contribution >= 0.6 is 0 Å². The number of halogens is 2. The van der Waals surface area contributed by atoms with E-state index in [1.807, 2.05) is 19.9 Å². The van der Waals surface area contributed by atoms with Gasteiger partial charge in [0.15, 0.2) is 23.1 Å². The van der Waals surface area contributed by atoms with Crippen LogP contribution in [0.1, 0.15) is 60.1 Å². The Hall–Kier alpha value is -3.59. The standard InChI is InChI=1S/C25H21F2N5O2/c1-12-13(2)30-24-22(29-12)21(17-6-5-16(26)10-18(17)27)31-23(32-24)15-7-8-33-19(9-15)20-11-28-25(34-20)14-3-4-14/h5-6,9-11,14,19H,3-4,7-8H2,1-2H3. The van der Waals surface area contributed by atoms with Gasteiger partial charge in [0.25, 0.3) is 0 Å². The molecule has 4 heterocycles. The molecule has 34 heavy (non-hydrogen) atoms. The van der Waals surface area contributed by atoms with E-state index in [4.69, 9.17) is 9.15 Å². The summed E-state index contributed by atoms with van der Waals surface area (Å²) in [6, 6.07) is 3.40. The Morgan fingerprint density at radius 2 is 1.82 bits per heavy atom. The summed E-state index contributed by atoms with van der Waals surface area (Å²) >= 11 is 0. The fourth-order valence-corrected chi connectivity index (χ4v) is 4.04. The maximum Gasteiger partial charge on any atom is 0.197 e. The van der Waals surface area contributed by atoms with Gasteiger partial charge < -0.3 is 9.15 Å². The summed E-state index contributed by atoms with van der Waals surface area (Å²) in [5.74, 6) is 0.805. The van der Waals surface area contributed by atoms with Gasteiger partial charge >= 0.3 is 0 Å². The molecule has 1 saturated carbocycles. The van der Waals surface area contributed by atoms with Crippen LogP contribution in [0.2, 0.25) is 0 Å². The third-order valence-corrected chi connectivity index (χ3v) is 6.19. The van der Waals surface area contributed by atoms with E-state index in [9.17, 15) is 8.78 Å². The molecule has 0 bridgehead atoms. The van der Waals surface area contributed by atoms with Crippen LogP contribution in [0, 0.1) is 25.5 Å². The molecule has 9 heteroatoms. The molecule has 172 valence electrons. The average molecular weight is 461 g/mol. The predicted molar refractivity (Wildman–Crippen MR) is 120 cm³/mol. The zero-order valence-electron chi connectivity index (χ0n) is 18.7. The molecule has 0 radical (unpaired) electrons. The zero-order chi connectivity index (χ0) is 23.4. The van der Waals surface area contributed by atoms with Gasteiger partial charge in [0.05, 0.1) is 24.2 Å². The van der Waals surface area contributed by atoms with Gasteiger partial charge in [-0.3, -0.25) is 0 Å². The van der Waals surface area contributed by atoms with Crippen molar-refractivity contribution in [1.29, 1.82) is 0 Å². The minimum absolute atomic E-state index is 0.140. The molecule has 1 fully saturated rings. The van der Waals surface area contributed by atoms with Crippen LogP contribution in [-0.2, 0) is 4.74 Å². The minimum atomic E-state index is -0.723. The first-order valence-corrected chi connectivity index (χ1v) is 11.2. The van der Waals surface area contributed by atoms with Crippen LogP contribution in [0.25, 0.3) is 28.0 Å². The van der Waals surface area contributed by atoms with Crippen molar-refractivity contribution in [3.63, 3.8) is 0 Å². The molecule has 2 aliphatic rings. The van der Waals surface area contributed by atoms with Gasteiger partial charge in [-0.1, -0.05) is 0 Å². The second-order valence-corrected chi connectivity index (χ2v) is 8.70. The van der Waals surface area contributed by atoms with Gasteiger partial charge in [-0.25, -0.2) is 33.7 Å². The highest BCUT2D eigenvalue weighted by atomic mass is 19.1. The lowest BCUT2D eigenvalue weighted by molar-refractivity contribution is 0.0666. The van der Waals surface area contributed by atoms with E-state index in [-0.39, 0.29) is 11.3 Å². The lowest BCUT2D eigenvalue weighted by atomic mass is 10.0. The molecule has 6 rings (SSSR count). The summed E-state index contributed by atoms with van der Waals surface area (Å²) in [5, 5.41) is 0. The summed E-state index contributed by atoms with van der Waals surface area (Å²) < 4.78 is 40.2. The summed E-state index contributed by atoms with van der Waals surface area (Å²) in [6.07, 6.45) is 5.95. The van der Waals surface area contributed by atoms with Gasteiger partial charge in [-0.05, 0) is 56.9 Å². The quantitative estimate of drug-likeness (QED) is 0.403. The lowest BCUT2D eigenvalue weighted by Crippen LogP contribution is -2.12. The lowest BCUT2D eigenvalue weighted by Gasteiger charge is -2.20. The fourth-order valence-electron chi connectivity index (χ4n) is 4.04. The smallest absolute Gasteiger partial charge is 0.197 e. The van der Waals surface area contributed by atoms with Crippen molar-refractivity contribution >= 4 is 16.7 Å². The Labute approximate surface area is 194 Å². The van der Waals surface area contributed by atoms with Crippen molar-refractivity contribution < 1.29 is 17.9 Å². The first-order valence-electron chi connectivity index (χ1n) is 11.2. The number of hydrogen-bond donors (Lipinski definition) is 0. The molecule has 1 aliphatic carbocycles. The molecule has 0 spiro atoms. The molecule has 0 amide bonds. The van der Waals surface area contributed by atoms with Crippen LogP contribution in [0.4, 0.5) is 8.78 Å². The molecular formula is C25H21F2N5O2. The van der Waals surface area contributed by atoms with Crippen molar-refractivity contribution in [2.45, 2.75) is 45.1 Å². The van der Waals surface area contributed by atoms with E-state index in [1.165, 1.54) is 12.1 Å². The van der Waals surface area contributed by atoms with Gasteiger partial charge in [0.1, 0.15) is 28.9 Å². The third-order valence-electron chi connectivity index (χ3n) is 6.19. The normalized spacial score (nSPS) is 18.4. The molecule has 1 atom stereocenters. The van der Waals surface area contributed by atoms with Gasteiger partial charge in [0.2, 0.25) is 0 Å². The van der Waals surface area contributed by atoms with Crippen LogP contribution < -0.4 is 0 Å². The van der Waals surface area contributed by atoms with E-state index < -0.39 is 17.7 Å². The van der Waals surface area contributed by atoms with Crippen molar-refractivity contribution in [3.8, 4) is 11.3 Å². The average Bonchev–Trinajstić information content (AvgIpc) is 3.56. The number of nitrogens with zero attached hydrogens (tertiary/aromatic N) is 5. The monoisotopic (exact) mass is 461 g/mol. The second-order valence-electron chi connectivity index (χ2n) is 8.70. The number of fused-ring (bicyclic) bond motifs is 1. The highest BCUT2D eigenvalue weighted by molar-refractivity contribution is 5.88. The first-order chi connectivity index (χ1) is 16.5. The molecule has 0 saturated heterocycles. The van der Waals surface area contributed by atoms with E-state index >= 15 is 0 Å². The Morgan fingerprint density at radius 1 is 1.00 bits per heavy atom. The molecule has 1 aliphatic heterocycles. The van der Waals surface area contributed by atoms with Crippen molar-refractivity contribution in [3.05, 3.63) is 71.0 Å². The minimum Gasteiger partial charge on any atom is -0.442 e. The highest BCUT2D eigenvalue weighted by Crippen LogP contribution is 2.41. The summed E-state index contributed by atoms with van der Waals surface area (Å²) in [6.45, 7) is 4.10.